The number of methoxy groups -OCH3 is 2. The van der Waals surface area contributed by atoms with Gasteiger partial charge in [-0.05, 0) is 66.1 Å². The lowest BCUT2D eigenvalue weighted by molar-refractivity contribution is -0.127. The second-order valence-electron chi connectivity index (χ2n) is 9.37. The molecule has 0 radical (unpaired) electrons. The van der Waals surface area contributed by atoms with Crippen LogP contribution in [-0.2, 0) is 27.4 Å². The Morgan fingerprint density at radius 1 is 0.780 bits per heavy atom. The SMILES string of the molecule is COc1cc(CC(=O)NC(COCc2ccccc2)C(=O)Nc2ccc(Oc3ccccc3)cc2)cc(C)c1OC. The van der Waals surface area contributed by atoms with Gasteiger partial charge in [-0.3, -0.25) is 9.59 Å². The summed E-state index contributed by atoms with van der Waals surface area (Å²) >= 11 is 0. The summed E-state index contributed by atoms with van der Waals surface area (Å²) in [5, 5.41) is 5.70. The number of benzene rings is 4. The Balaban J connectivity index is 1.42. The lowest BCUT2D eigenvalue weighted by Crippen LogP contribution is -2.47. The average molecular weight is 555 g/mol. The maximum absolute atomic E-state index is 13.3. The predicted octanol–water partition coefficient (Wildman–Crippen LogP) is 5.69. The van der Waals surface area contributed by atoms with Gasteiger partial charge in [0.2, 0.25) is 11.8 Å². The summed E-state index contributed by atoms with van der Waals surface area (Å²) in [6, 6.07) is 28.8. The van der Waals surface area contributed by atoms with E-state index in [9.17, 15) is 9.59 Å². The summed E-state index contributed by atoms with van der Waals surface area (Å²) in [7, 11) is 3.12. The fourth-order valence-corrected chi connectivity index (χ4v) is 4.27. The molecule has 0 fully saturated rings. The highest BCUT2D eigenvalue weighted by Crippen LogP contribution is 2.32. The lowest BCUT2D eigenvalue weighted by Gasteiger charge is -2.19. The van der Waals surface area contributed by atoms with Crippen LogP contribution in [0, 0.1) is 6.92 Å². The molecule has 0 aliphatic carbocycles. The monoisotopic (exact) mass is 554 g/mol. The van der Waals surface area contributed by atoms with Crippen LogP contribution in [0.5, 0.6) is 23.0 Å². The topological polar surface area (TPSA) is 95.1 Å². The minimum Gasteiger partial charge on any atom is -0.493 e. The number of nitrogens with one attached hydrogen (secondary N) is 2. The number of hydrogen-bond acceptors (Lipinski definition) is 6. The molecule has 0 heterocycles. The van der Waals surface area contributed by atoms with Crippen LogP contribution in [0.15, 0.2) is 97.1 Å². The molecule has 0 saturated heterocycles. The molecular formula is C33H34N2O6. The van der Waals surface area contributed by atoms with E-state index in [0.717, 1.165) is 16.7 Å². The van der Waals surface area contributed by atoms with Crippen molar-refractivity contribution in [3.05, 3.63) is 114 Å². The smallest absolute Gasteiger partial charge is 0.249 e. The molecule has 0 spiro atoms. The zero-order valence-corrected chi connectivity index (χ0v) is 23.4. The molecule has 8 heteroatoms. The highest BCUT2D eigenvalue weighted by atomic mass is 16.5. The number of carbonyl (C=O) groups is 2. The van der Waals surface area contributed by atoms with E-state index >= 15 is 0 Å². The van der Waals surface area contributed by atoms with Crippen LogP contribution >= 0.6 is 0 Å². The number of rotatable bonds is 13. The van der Waals surface area contributed by atoms with Gasteiger partial charge in [-0.25, -0.2) is 0 Å². The van der Waals surface area contributed by atoms with Crippen molar-refractivity contribution in [2.24, 2.45) is 0 Å². The Hall–Kier alpha value is -4.82. The third-order valence-electron chi connectivity index (χ3n) is 6.24. The standard InChI is InChI=1S/C33H34N2O6/c1-23-18-25(19-30(38-2)32(23)39-3)20-31(36)35-29(22-40-21-24-10-6-4-7-11-24)33(37)34-26-14-16-28(17-15-26)41-27-12-8-5-9-13-27/h4-19,29H,20-22H2,1-3H3,(H,34,37)(H,35,36). The van der Waals surface area contributed by atoms with Crippen molar-refractivity contribution in [3.8, 4) is 23.0 Å². The minimum absolute atomic E-state index is 0.00731. The number of anilines is 1. The normalized spacial score (nSPS) is 11.3. The molecular weight excluding hydrogens is 520 g/mol. The molecule has 4 rings (SSSR count). The van der Waals surface area contributed by atoms with Gasteiger partial charge in [0.25, 0.3) is 0 Å². The number of para-hydroxylation sites is 1. The Morgan fingerprint density at radius 3 is 2.10 bits per heavy atom. The Bertz CT molecular complexity index is 1430. The molecule has 4 aromatic rings. The van der Waals surface area contributed by atoms with E-state index in [0.29, 0.717) is 35.3 Å². The van der Waals surface area contributed by atoms with Gasteiger partial charge in [-0.1, -0.05) is 54.6 Å². The van der Waals surface area contributed by atoms with Crippen LogP contribution in [0.2, 0.25) is 0 Å². The van der Waals surface area contributed by atoms with Gasteiger partial charge < -0.3 is 29.6 Å². The summed E-state index contributed by atoms with van der Waals surface area (Å²) in [6.07, 6.45) is 0.0508. The lowest BCUT2D eigenvalue weighted by atomic mass is 10.1. The van der Waals surface area contributed by atoms with Crippen molar-refractivity contribution < 1.29 is 28.5 Å². The molecule has 0 aromatic heterocycles. The van der Waals surface area contributed by atoms with Gasteiger partial charge in [0.05, 0.1) is 33.9 Å². The van der Waals surface area contributed by atoms with Crippen LogP contribution in [-0.4, -0.2) is 38.7 Å². The van der Waals surface area contributed by atoms with Gasteiger partial charge in [0, 0.05) is 5.69 Å². The molecule has 8 nitrogen and oxygen atoms in total. The third-order valence-corrected chi connectivity index (χ3v) is 6.24. The quantitative estimate of drug-likeness (QED) is 0.221. The molecule has 41 heavy (non-hydrogen) atoms. The summed E-state index contributed by atoms with van der Waals surface area (Å²) in [5.41, 5.74) is 3.10. The largest absolute Gasteiger partial charge is 0.493 e. The highest BCUT2D eigenvalue weighted by Gasteiger charge is 2.22. The number of ether oxygens (including phenoxy) is 4. The van der Waals surface area contributed by atoms with E-state index in [1.807, 2.05) is 73.7 Å². The molecule has 2 amide bonds. The summed E-state index contributed by atoms with van der Waals surface area (Å²) < 4.78 is 22.5. The fraction of sp³-hybridized carbons (Fsp3) is 0.212. The van der Waals surface area contributed by atoms with Gasteiger partial charge in [-0.2, -0.15) is 0 Å². The second-order valence-corrected chi connectivity index (χ2v) is 9.37. The van der Waals surface area contributed by atoms with Gasteiger partial charge in [0.1, 0.15) is 17.5 Å². The van der Waals surface area contributed by atoms with E-state index in [1.165, 1.54) is 0 Å². The minimum atomic E-state index is -0.923. The molecule has 0 saturated carbocycles. The van der Waals surface area contributed by atoms with Crippen molar-refractivity contribution in [3.63, 3.8) is 0 Å². The van der Waals surface area contributed by atoms with Crippen molar-refractivity contribution in [1.82, 2.24) is 5.32 Å². The zero-order valence-electron chi connectivity index (χ0n) is 23.4. The van der Waals surface area contributed by atoms with Gasteiger partial charge in [0.15, 0.2) is 11.5 Å². The third kappa shape index (κ3) is 8.58. The molecule has 2 N–H and O–H groups in total. The Labute approximate surface area is 240 Å². The van der Waals surface area contributed by atoms with Gasteiger partial charge in [-0.15, -0.1) is 0 Å². The van der Waals surface area contributed by atoms with Gasteiger partial charge >= 0.3 is 0 Å². The van der Waals surface area contributed by atoms with E-state index in [1.54, 1.807) is 44.6 Å². The average Bonchev–Trinajstić information content (AvgIpc) is 2.98. The van der Waals surface area contributed by atoms with Crippen molar-refractivity contribution in [1.29, 1.82) is 0 Å². The maximum atomic E-state index is 13.3. The Morgan fingerprint density at radius 2 is 1.44 bits per heavy atom. The van der Waals surface area contributed by atoms with E-state index < -0.39 is 11.9 Å². The number of hydrogen-bond donors (Lipinski definition) is 2. The molecule has 1 atom stereocenters. The second kappa shape index (κ2) is 14.5. The highest BCUT2D eigenvalue weighted by molar-refractivity contribution is 5.97. The first-order valence-corrected chi connectivity index (χ1v) is 13.2. The summed E-state index contributed by atoms with van der Waals surface area (Å²) in [6.45, 7) is 2.18. The first kappa shape index (κ1) is 29.2. The molecule has 212 valence electrons. The molecule has 0 aliphatic heterocycles. The Kier molecular flexibility index (Phi) is 10.3. The number of amides is 2. The van der Waals surface area contributed by atoms with Crippen LogP contribution in [0.1, 0.15) is 16.7 Å². The van der Waals surface area contributed by atoms with Crippen LogP contribution in [0.25, 0.3) is 0 Å². The zero-order chi connectivity index (χ0) is 29.0. The number of aryl methyl sites for hydroxylation is 1. The van der Waals surface area contributed by atoms with Crippen LogP contribution in [0.4, 0.5) is 5.69 Å². The van der Waals surface area contributed by atoms with Crippen molar-refractivity contribution >= 4 is 17.5 Å². The molecule has 0 bridgehead atoms. The first-order valence-electron chi connectivity index (χ1n) is 13.2. The fourth-order valence-electron chi connectivity index (χ4n) is 4.27. The predicted molar refractivity (Wildman–Crippen MR) is 158 cm³/mol. The summed E-state index contributed by atoms with van der Waals surface area (Å²) in [4.78, 5) is 26.3. The molecule has 0 aliphatic rings. The first-order chi connectivity index (χ1) is 19.9. The van der Waals surface area contributed by atoms with Crippen molar-refractivity contribution in [2.45, 2.75) is 26.0 Å². The van der Waals surface area contributed by atoms with E-state index in [-0.39, 0.29) is 18.9 Å². The van der Waals surface area contributed by atoms with Crippen LogP contribution in [0.3, 0.4) is 0 Å². The van der Waals surface area contributed by atoms with E-state index in [4.69, 9.17) is 18.9 Å². The van der Waals surface area contributed by atoms with E-state index in [2.05, 4.69) is 10.6 Å². The number of carbonyl (C=O) groups excluding carboxylic acids is 2. The van der Waals surface area contributed by atoms with Crippen LogP contribution < -0.4 is 24.8 Å². The molecule has 1 unspecified atom stereocenters. The molecule has 4 aromatic carbocycles. The summed E-state index contributed by atoms with van der Waals surface area (Å²) in [5.74, 6) is 1.78. The maximum Gasteiger partial charge on any atom is 0.249 e. The van der Waals surface area contributed by atoms with Crippen molar-refractivity contribution in [2.75, 3.05) is 26.1 Å².